The number of carbonyl (C=O) groups excluding carboxylic acids is 1. The molecule has 66 valence electrons. The van der Waals surface area contributed by atoms with Crippen molar-refractivity contribution in [1.82, 2.24) is 0 Å². The van der Waals surface area contributed by atoms with Crippen LogP contribution in [0.1, 0.15) is 18.4 Å². The Balaban J connectivity index is 2.49. The van der Waals surface area contributed by atoms with E-state index in [0.29, 0.717) is 6.42 Å². The molecule has 13 heavy (non-hydrogen) atoms. The Morgan fingerprint density at radius 1 is 1.23 bits per heavy atom. The third kappa shape index (κ3) is 1.47. The van der Waals surface area contributed by atoms with E-state index in [9.17, 15) is 4.79 Å². The Labute approximate surface area is 77.3 Å². The van der Waals surface area contributed by atoms with Crippen molar-refractivity contribution in [3.63, 3.8) is 0 Å². The maximum absolute atomic E-state index is 11.2. The van der Waals surface area contributed by atoms with Crippen LogP contribution in [0.5, 0.6) is 0 Å². The lowest BCUT2D eigenvalue weighted by Crippen LogP contribution is -2.08. The van der Waals surface area contributed by atoms with Gasteiger partial charge in [-0.25, -0.2) is 0 Å². The minimum Gasteiger partial charge on any atom is -0.326 e. The Morgan fingerprint density at radius 2 is 2.00 bits per heavy atom. The van der Waals surface area contributed by atoms with Crippen LogP contribution in [0.15, 0.2) is 30.8 Å². The van der Waals surface area contributed by atoms with Crippen LogP contribution in [0.4, 0.5) is 5.69 Å². The first-order valence-electron chi connectivity index (χ1n) is 4.34. The summed E-state index contributed by atoms with van der Waals surface area (Å²) in [5.41, 5.74) is 2.98. The SMILES string of the molecule is C=C1CCC(=O)Nc2ccccc21. The van der Waals surface area contributed by atoms with Gasteiger partial charge in [-0.1, -0.05) is 24.8 Å². The number of anilines is 1. The van der Waals surface area contributed by atoms with E-state index in [1.807, 2.05) is 24.3 Å². The lowest BCUT2D eigenvalue weighted by molar-refractivity contribution is -0.116. The summed E-state index contributed by atoms with van der Waals surface area (Å²) in [4.78, 5) is 11.2. The van der Waals surface area contributed by atoms with Gasteiger partial charge in [-0.05, 0) is 18.1 Å². The Bertz CT molecular complexity index is 368. The molecule has 1 heterocycles. The van der Waals surface area contributed by atoms with Crippen molar-refractivity contribution in [2.75, 3.05) is 5.32 Å². The Hall–Kier alpha value is -1.57. The topological polar surface area (TPSA) is 29.1 Å². The zero-order chi connectivity index (χ0) is 9.26. The summed E-state index contributed by atoms with van der Waals surface area (Å²) in [5, 5.41) is 2.85. The highest BCUT2D eigenvalue weighted by Crippen LogP contribution is 2.28. The third-order valence-corrected chi connectivity index (χ3v) is 2.24. The minimum absolute atomic E-state index is 0.0751. The summed E-state index contributed by atoms with van der Waals surface area (Å²) in [6.07, 6.45) is 1.29. The lowest BCUT2D eigenvalue weighted by Gasteiger charge is -2.05. The second kappa shape index (κ2) is 3.05. The monoisotopic (exact) mass is 173 g/mol. The van der Waals surface area contributed by atoms with Gasteiger partial charge in [0, 0.05) is 17.7 Å². The molecule has 0 aromatic heterocycles. The number of hydrogen-bond acceptors (Lipinski definition) is 1. The van der Waals surface area contributed by atoms with Crippen LogP contribution in [-0.4, -0.2) is 5.91 Å². The molecule has 1 aliphatic heterocycles. The van der Waals surface area contributed by atoms with Gasteiger partial charge in [-0.3, -0.25) is 4.79 Å². The van der Waals surface area contributed by atoms with E-state index < -0.39 is 0 Å². The van der Waals surface area contributed by atoms with E-state index in [-0.39, 0.29) is 5.91 Å². The first kappa shape index (κ1) is 8.05. The number of rotatable bonds is 0. The Kier molecular flexibility index (Phi) is 1.89. The van der Waals surface area contributed by atoms with Gasteiger partial charge in [0.05, 0.1) is 0 Å². The molecule has 0 radical (unpaired) electrons. The van der Waals surface area contributed by atoms with Crippen molar-refractivity contribution in [2.24, 2.45) is 0 Å². The van der Waals surface area contributed by atoms with E-state index in [2.05, 4.69) is 11.9 Å². The summed E-state index contributed by atoms with van der Waals surface area (Å²) < 4.78 is 0. The molecule has 1 aliphatic rings. The zero-order valence-corrected chi connectivity index (χ0v) is 7.34. The molecule has 1 aromatic carbocycles. The van der Waals surface area contributed by atoms with Crippen LogP contribution in [0, 0.1) is 0 Å². The lowest BCUT2D eigenvalue weighted by atomic mass is 10.0. The van der Waals surface area contributed by atoms with Gasteiger partial charge in [-0.2, -0.15) is 0 Å². The van der Waals surface area contributed by atoms with Crippen molar-refractivity contribution in [3.8, 4) is 0 Å². The number of benzene rings is 1. The molecule has 1 N–H and O–H groups in total. The van der Waals surface area contributed by atoms with E-state index in [4.69, 9.17) is 0 Å². The van der Waals surface area contributed by atoms with E-state index in [1.165, 1.54) is 0 Å². The zero-order valence-electron chi connectivity index (χ0n) is 7.34. The highest BCUT2D eigenvalue weighted by atomic mass is 16.1. The molecule has 0 unspecified atom stereocenters. The first-order valence-corrected chi connectivity index (χ1v) is 4.34. The molecule has 0 atom stereocenters. The highest BCUT2D eigenvalue weighted by molar-refractivity contribution is 5.97. The third-order valence-electron chi connectivity index (χ3n) is 2.24. The molecule has 0 saturated carbocycles. The molecule has 0 aliphatic carbocycles. The first-order chi connectivity index (χ1) is 6.27. The largest absolute Gasteiger partial charge is 0.326 e. The predicted molar refractivity (Wildman–Crippen MR) is 53.3 cm³/mol. The molecule has 1 aromatic rings. The van der Waals surface area contributed by atoms with E-state index in [1.54, 1.807) is 0 Å². The van der Waals surface area contributed by atoms with Crippen LogP contribution in [-0.2, 0) is 4.79 Å². The quantitative estimate of drug-likeness (QED) is 0.641. The summed E-state index contributed by atoms with van der Waals surface area (Å²) in [5.74, 6) is 0.0751. The fourth-order valence-corrected chi connectivity index (χ4v) is 1.51. The number of nitrogens with one attached hydrogen (secondary N) is 1. The van der Waals surface area contributed by atoms with Crippen LogP contribution in [0.2, 0.25) is 0 Å². The van der Waals surface area contributed by atoms with Gasteiger partial charge in [0.1, 0.15) is 0 Å². The molecule has 1 amide bonds. The highest BCUT2D eigenvalue weighted by Gasteiger charge is 2.13. The second-order valence-electron chi connectivity index (χ2n) is 3.20. The van der Waals surface area contributed by atoms with Gasteiger partial charge in [-0.15, -0.1) is 0 Å². The number of hydrogen-bond donors (Lipinski definition) is 1. The summed E-state index contributed by atoms with van der Waals surface area (Å²) >= 11 is 0. The Morgan fingerprint density at radius 3 is 2.85 bits per heavy atom. The molecule has 2 rings (SSSR count). The van der Waals surface area contributed by atoms with Gasteiger partial charge < -0.3 is 5.32 Å². The molecule has 0 saturated heterocycles. The van der Waals surface area contributed by atoms with Crippen molar-refractivity contribution in [3.05, 3.63) is 36.4 Å². The number of amides is 1. The maximum Gasteiger partial charge on any atom is 0.224 e. The minimum atomic E-state index is 0.0751. The van der Waals surface area contributed by atoms with Crippen LogP contribution in [0.3, 0.4) is 0 Å². The normalized spacial score (nSPS) is 16.0. The molecular formula is C11H11NO. The van der Waals surface area contributed by atoms with Gasteiger partial charge in [0.2, 0.25) is 5.91 Å². The smallest absolute Gasteiger partial charge is 0.224 e. The number of para-hydroxylation sites is 1. The molecule has 0 bridgehead atoms. The van der Waals surface area contributed by atoms with Gasteiger partial charge in [0.15, 0.2) is 0 Å². The molecular weight excluding hydrogens is 162 g/mol. The van der Waals surface area contributed by atoms with Gasteiger partial charge in [0.25, 0.3) is 0 Å². The second-order valence-corrected chi connectivity index (χ2v) is 3.20. The van der Waals surface area contributed by atoms with Crippen molar-refractivity contribution in [2.45, 2.75) is 12.8 Å². The molecule has 2 nitrogen and oxygen atoms in total. The summed E-state index contributed by atoms with van der Waals surface area (Å²) in [7, 11) is 0. The van der Waals surface area contributed by atoms with E-state index in [0.717, 1.165) is 23.2 Å². The summed E-state index contributed by atoms with van der Waals surface area (Å²) in [6, 6.07) is 7.77. The molecule has 2 heteroatoms. The van der Waals surface area contributed by atoms with Crippen LogP contribution in [0.25, 0.3) is 5.57 Å². The molecule has 0 fully saturated rings. The van der Waals surface area contributed by atoms with E-state index >= 15 is 0 Å². The average molecular weight is 173 g/mol. The van der Waals surface area contributed by atoms with Gasteiger partial charge >= 0.3 is 0 Å². The molecule has 0 spiro atoms. The average Bonchev–Trinajstić information content (AvgIpc) is 2.27. The fraction of sp³-hybridized carbons (Fsp3) is 0.182. The van der Waals surface area contributed by atoms with Crippen molar-refractivity contribution in [1.29, 1.82) is 0 Å². The number of carbonyl (C=O) groups is 1. The standard InChI is InChI=1S/C11H11NO/c1-8-6-7-11(13)12-10-5-3-2-4-9(8)10/h2-5H,1,6-7H2,(H,12,13). The number of fused-ring (bicyclic) bond motifs is 1. The van der Waals surface area contributed by atoms with Crippen LogP contribution >= 0.6 is 0 Å². The maximum atomic E-state index is 11.2. The fourth-order valence-electron chi connectivity index (χ4n) is 1.51. The van der Waals surface area contributed by atoms with Crippen molar-refractivity contribution >= 4 is 17.2 Å². The van der Waals surface area contributed by atoms with Crippen LogP contribution < -0.4 is 5.32 Å². The number of allylic oxidation sites excluding steroid dienone is 1. The van der Waals surface area contributed by atoms with Crippen molar-refractivity contribution < 1.29 is 4.79 Å². The predicted octanol–water partition coefficient (Wildman–Crippen LogP) is 2.43. The summed E-state index contributed by atoms with van der Waals surface area (Å²) in [6.45, 7) is 3.96.